The minimum atomic E-state index is -0.573. The number of imidazole rings is 1. The molecule has 0 aliphatic carbocycles. The van der Waals surface area contributed by atoms with Crippen molar-refractivity contribution in [1.29, 1.82) is 0 Å². The standard InChI is InChI=1S/C27H24N6O3/c1-16-28-21-6-4-3-5-20(21)25(29-16)33-11-12-36-24-10-8-17(13-19(24)15-33)18-7-9-22-23(14-18)31-26(30-22)32-27(34)35-2/h3-10,13-14H,11-12,15H2,1-2H3,(H2,30,31,32,34). The first-order chi connectivity index (χ1) is 17.6. The Labute approximate surface area is 207 Å². The molecule has 0 fully saturated rings. The molecule has 1 aliphatic rings. The van der Waals surface area contributed by atoms with E-state index < -0.39 is 6.09 Å². The number of aromatic nitrogens is 4. The third kappa shape index (κ3) is 4.04. The number of hydrogen-bond donors (Lipinski definition) is 2. The van der Waals surface area contributed by atoms with Gasteiger partial charge in [0.25, 0.3) is 0 Å². The second-order valence-electron chi connectivity index (χ2n) is 8.64. The molecular formula is C27H24N6O3. The monoisotopic (exact) mass is 480 g/mol. The second kappa shape index (κ2) is 8.84. The van der Waals surface area contributed by atoms with Gasteiger partial charge in [-0.05, 0) is 54.4 Å². The minimum absolute atomic E-state index is 0.340. The quantitative estimate of drug-likeness (QED) is 0.372. The summed E-state index contributed by atoms with van der Waals surface area (Å²) in [5.41, 5.74) is 5.67. The van der Waals surface area contributed by atoms with Gasteiger partial charge in [-0.25, -0.2) is 19.7 Å². The summed E-state index contributed by atoms with van der Waals surface area (Å²) >= 11 is 0. The summed E-state index contributed by atoms with van der Waals surface area (Å²) in [5, 5.41) is 3.60. The van der Waals surface area contributed by atoms with Crippen LogP contribution < -0.4 is 15.0 Å². The summed E-state index contributed by atoms with van der Waals surface area (Å²) in [6.45, 7) is 3.89. The lowest BCUT2D eigenvalue weighted by atomic mass is 10.0. The van der Waals surface area contributed by atoms with Crippen molar-refractivity contribution in [1.82, 2.24) is 19.9 Å². The smallest absolute Gasteiger partial charge is 0.413 e. The fourth-order valence-electron chi connectivity index (χ4n) is 4.56. The van der Waals surface area contributed by atoms with E-state index in [0.29, 0.717) is 19.1 Å². The largest absolute Gasteiger partial charge is 0.491 e. The van der Waals surface area contributed by atoms with Crippen molar-refractivity contribution in [3.63, 3.8) is 0 Å². The molecule has 0 unspecified atom stereocenters. The topological polar surface area (TPSA) is 105 Å². The summed E-state index contributed by atoms with van der Waals surface area (Å²) in [6.07, 6.45) is -0.573. The van der Waals surface area contributed by atoms with E-state index in [-0.39, 0.29) is 0 Å². The number of aryl methyl sites for hydroxylation is 1. The van der Waals surface area contributed by atoms with Gasteiger partial charge in [-0.15, -0.1) is 0 Å². The van der Waals surface area contributed by atoms with Gasteiger partial charge in [-0.3, -0.25) is 5.32 Å². The number of carbonyl (C=O) groups excluding carboxylic acids is 1. The van der Waals surface area contributed by atoms with E-state index >= 15 is 0 Å². The van der Waals surface area contributed by atoms with Crippen LogP contribution in [0.1, 0.15) is 11.4 Å². The van der Waals surface area contributed by atoms with E-state index in [1.165, 1.54) is 7.11 Å². The Morgan fingerprint density at radius 2 is 1.86 bits per heavy atom. The van der Waals surface area contributed by atoms with Crippen molar-refractivity contribution >= 4 is 39.8 Å². The van der Waals surface area contributed by atoms with Gasteiger partial charge >= 0.3 is 6.09 Å². The van der Waals surface area contributed by atoms with Gasteiger partial charge in [0.1, 0.15) is 24.0 Å². The number of carbonyl (C=O) groups is 1. The Hall–Kier alpha value is -4.66. The Balaban J connectivity index is 1.34. The minimum Gasteiger partial charge on any atom is -0.491 e. The number of nitrogens with zero attached hydrogens (tertiary/aromatic N) is 4. The number of hydrogen-bond acceptors (Lipinski definition) is 7. The van der Waals surface area contributed by atoms with Crippen LogP contribution >= 0.6 is 0 Å². The molecule has 0 bridgehead atoms. The van der Waals surface area contributed by atoms with Crippen LogP contribution in [0.25, 0.3) is 33.1 Å². The molecule has 2 aromatic heterocycles. The van der Waals surface area contributed by atoms with E-state index in [1.807, 2.05) is 49.4 Å². The van der Waals surface area contributed by atoms with Crippen molar-refractivity contribution in [3.05, 3.63) is 72.1 Å². The summed E-state index contributed by atoms with van der Waals surface area (Å²) in [4.78, 5) is 30.7. The normalized spacial score (nSPS) is 13.2. The first-order valence-electron chi connectivity index (χ1n) is 11.7. The van der Waals surface area contributed by atoms with E-state index in [0.717, 1.165) is 62.6 Å². The Kier molecular flexibility index (Phi) is 5.37. The first-order valence-corrected chi connectivity index (χ1v) is 11.7. The predicted molar refractivity (Wildman–Crippen MR) is 138 cm³/mol. The van der Waals surface area contributed by atoms with E-state index in [4.69, 9.17) is 9.72 Å². The highest BCUT2D eigenvalue weighted by Crippen LogP contribution is 2.33. The van der Waals surface area contributed by atoms with Gasteiger partial charge in [0, 0.05) is 17.5 Å². The van der Waals surface area contributed by atoms with Crippen LogP contribution in [0.4, 0.5) is 16.6 Å². The molecule has 0 spiro atoms. The van der Waals surface area contributed by atoms with Gasteiger partial charge in [0.05, 0.1) is 30.2 Å². The summed E-state index contributed by atoms with van der Waals surface area (Å²) in [7, 11) is 1.31. The molecule has 36 heavy (non-hydrogen) atoms. The highest BCUT2D eigenvalue weighted by molar-refractivity contribution is 5.90. The molecular weight excluding hydrogens is 456 g/mol. The Morgan fingerprint density at radius 3 is 2.75 bits per heavy atom. The predicted octanol–water partition coefficient (Wildman–Crippen LogP) is 5.06. The number of methoxy groups -OCH3 is 1. The van der Waals surface area contributed by atoms with Crippen molar-refractivity contribution in [2.75, 3.05) is 30.5 Å². The fourth-order valence-corrected chi connectivity index (χ4v) is 4.56. The lowest BCUT2D eigenvalue weighted by Crippen LogP contribution is -2.26. The number of aromatic amines is 1. The van der Waals surface area contributed by atoms with E-state index in [1.54, 1.807) is 0 Å². The van der Waals surface area contributed by atoms with Crippen LogP contribution in [-0.4, -0.2) is 46.3 Å². The van der Waals surface area contributed by atoms with Gasteiger partial charge in [0.15, 0.2) is 0 Å². The van der Waals surface area contributed by atoms with Crippen molar-refractivity contribution < 1.29 is 14.3 Å². The van der Waals surface area contributed by atoms with Crippen LogP contribution in [0.3, 0.4) is 0 Å². The number of nitrogens with one attached hydrogen (secondary N) is 2. The maximum atomic E-state index is 11.5. The number of H-pyrrole nitrogens is 1. The number of para-hydroxylation sites is 1. The third-order valence-electron chi connectivity index (χ3n) is 6.26. The SMILES string of the molecule is COC(=O)Nc1nc2ccc(-c3ccc4c(c3)CN(c3nc(C)nc5ccccc35)CCO4)cc2[nH]1. The molecule has 180 valence electrons. The average Bonchev–Trinajstić information content (AvgIpc) is 3.16. The number of ether oxygens (including phenoxy) is 2. The Bertz CT molecular complexity index is 1610. The van der Waals surface area contributed by atoms with Crippen molar-refractivity contribution in [2.45, 2.75) is 13.5 Å². The molecule has 5 aromatic rings. The number of fused-ring (bicyclic) bond motifs is 3. The molecule has 6 rings (SSSR count). The van der Waals surface area contributed by atoms with Crippen molar-refractivity contribution in [3.8, 4) is 16.9 Å². The molecule has 0 saturated heterocycles. The molecule has 1 amide bonds. The number of anilines is 2. The van der Waals surface area contributed by atoms with Gasteiger partial charge in [-0.2, -0.15) is 0 Å². The Morgan fingerprint density at radius 1 is 1.03 bits per heavy atom. The molecule has 0 saturated carbocycles. The van der Waals surface area contributed by atoms with Gasteiger partial charge < -0.3 is 19.4 Å². The average molecular weight is 481 g/mol. The van der Waals surface area contributed by atoms with Crippen LogP contribution in [-0.2, 0) is 11.3 Å². The zero-order chi connectivity index (χ0) is 24.6. The maximum absolute atomic E-state index is 11.5. The number of benzene rings is 3. The number of rotatable bonds is 3. The second-order valence-corrected chi connectivity index (χ2v) is 8.64. The molecule has 0 radical (unpaired) electrons. The molecule has 1 aliphatic heterocycles. The number of amides is 1. The van der Waals surface area contributed by atoms with Crippen molar-refractivity contribution in [2.24, 2.45) is 0 Å². The van der Waals surface area contributed by atoms with Gasteiger partial charge in [0.2, 0.25) is 5.95 Å². The van der Waals surface area contributed by atoms with E-state index in [2.05, 4.69) is 48.1 Å². The van der Waals surface area contributed by atoms with Crippen LogP contribution in [0.15, 0.2) is 60.7 Å². The zero-order valence-electron chi connectivity index (χ0n) is 19.9. The lowest BCUT2D eigenvalue weighted by molar-refractivity contribution is 0.186. The lowest BCUT2D eigenvalue weighted by Gasteiger charge is -2.23. The first kappa shape index (κ1) is 21.8. The summed E-state index contributed by atoms with van der Waals surface area (Å²) < 4.78 is 10.7. The zero-order valence-corrected chi connectivity index (χ0v) is 19.9. The van der Waals surface area contributed by atoms with Crippen LogP contribution in [0, 0.1) is 6.92 Å². The molecule has 9 nitrogen and oxygen atoms in total. The fraction of sp³-hybridized carbons (Fsp3) is 0.185. The summed E-state index contributed by atoms with van der Waals surface area (Å²) in [5.74, 6) is 2.89. The van der Waals surface area contributed by atoms with Gasteiger partial charge in [-0.1, -0.05) is 24.3 Å². The van der Waals surface area contributed by atoms with Crippen LogP contribution in [0.5, 0.6) is 5.75 Å². The molecule has 3 aromatic carbocycles. The summed E-state index contributed by atoms with van der Waals surface area (Å²) in [6, 6.07) is 20.3. The molecule has 0 atom stereocenters. The van der Waals surface area contributed by atoms with E-state index in [9.17, 15) is 4.79 Å². The third-order valence-corrected chi connectivity index (χ3v) is 6.26. The highest BCUT2D eigenvalue weighted by atomic mass is 16.5. The van der Waals surface area contributed by atoms with Crippen LogP contribution in [0.2, 0.25) is 0 Å². The maximum Gasteiger partial charge on any atom is 0.413 e. The molecule has 2 N–H and O–H groups in total. The highest BCUT2D eigenvalue weighted by Gasteiger charge is 2.20. The molecule has 3 heterocycles. The molecule has 9 heteroatoms.